The first-order valence-electron chi connectivity index (χ1n) is 9.63. The van der Waals surface area contributed by atoms with Gasteiger partial charge in [0.1, 0.15) is 11.6 Å². The van der Waals surface area contributed by atoms with E-state index >= 15 is 0 Å². The normalized spacial score (nSPS) is 14.8. The van der Waals surface area contributed by atoms with Gasteiger partial charge in [0.2, 0.25) is 10.0 Å². The van der Waals surface area contributed by atoms with Crippen molar-refractivity contribution in [3.63, 3.8) is 0 Å². The van der Waals surface area contributed by atoms with E-state index in [1.165, 1.54) is 32.3 Å². The third-order valence-corrected chi connectivity index (χ3v) is 6.91. The Bertz CT molecular complexity index is 1020. The summed E-state index contributed by atoms with van der Waals surface area (Å²) in [7, 11) is -0.581. The SMILES string of the molecule is Cc1cc(S(=O)(=O)N(C)C)ccc1OCC(=O)N1CCN(c2ccccc2F)CC1. The van der Waals surface area contributed by atoms with Crippen molar-refractivity contribution in [3.8, 4) is 5.75 Å². The van der Waals surface area contributed by atoms with E-state index < -0.39 is 10.0 Å². The number of rotatable bonds is 6. The molecule has 9 heteroatoms. The number of nitrogens with zero attached hydrogens (tertiary/aromatic N) is 3. The minimum atomic E-state index is -3.52. The number of sulfonamides is 1. The first-order chi connectivity index (χ1) is 14.2. The van der Waals surface area contributed by atoms with E-state index in [1.54, 1.807) is 36.1 Å². The third-order valence-electron chi connectivity index (χ3n) is 5.10. The number of carbonyl (C=O) groups is 1. The number of benzene rings is 2. The molecule has 1 aliphatic heterocycles. The zero-order chi connectivity index (χ0) is 21.9. The third kappa shape index (κ3) is 4.73. The van der Waals surface area contributed by atoms with Gasteiger partial charge in [0.05, 0.1) is 10.6 Å². The van der Waals surface area contributed by atoms with Crippen LogP contribution < -0.4 is 9.64 Å². The van der Waals surface area contributed by atoms with Crippen LogP contribution in [0.1, 0.15) is 5.56 Å². The summed E-state index contributed by atoms with van der Waals surface area (Å²) in [6.45, 7) is 3.65. The van der Waals surface area contributed by atoms with Gasteiger partial charge >= 0.3 is 0 Å². The number of hydrogen-bond donors (Lipinski definition) is 0. The van der Waals surface area contributed by atoms with E-state index in [0.29, 0.717) is 43.2 Å². The zero-order valence-electron chi connectivity index (χ0n) is 17.3. The van der Waals surface area contributed by atoms with E-state index in [2.05, 4.69) is 0 Å². The van der Waals surface area contributed by atoms with Crippen molar-refractivity contribution in [1.82, 2.24) is 9.21 Å². The lowest BCUT2D eigenvalue weighted by Crippen LogP contribution is -2.50. The Morgan fingerprint density at radius 1 is 1.10 bits per heavy atom. The van der Waals surface area contributed by atoms with Crippen LogP contribution in [0.3, 0.4) is 0 Å². The molecule has 30 heavy (non-hydrogen) atoms. The maximum Gasteiger partial charge on any atom is 0.260 e. The maximum absolute atomic E-state index is 13.9. The lowest BCUT2D eigenvalue weighted by atomic mass is 10.2. The van der Waals surface area contributed by atoms with Gasteiger partial charge in [0, 0.05) is 40.3 Å². The summed E-state index contributed by atoms with van der Waals surface area (Å²) in [5.41, 5.74) is 1.18. The summed E-state index contributed by atoms with van der Waals surface area (Å²) in [5.74, 6) is 0.0365. The molecule has 162 valence electrons. The summed E-state index contributed by atoms with van der Waals surface area (Å²) < 4.78 is 45.2. The summed E-state index contributed by atoms with van der Waals surface area (Å²) in [6, 6.07) is 11.2. The van der Waals surface area contributed by atoms with Crippen LogP contribution in [0.4, 0.5) is 10.1 Å². The lowest BCUT2D eigenvalue weighted by Gasteiger charge is -2.36. The van der Waals surface area contributed by atoms with Gasteiger partial charge in [-0.15, -0.1) is 0 Å². The molecule has 3 rings (SSSR count). The number of hydrogen-bond acceptors (Lipinski definition) is 5. The molecule has 0 saturated carbocycles. The molecule has 0 bridgehead atoms. The monoisotopic (exact) mass is 435 g/mol. The number of para-hydroxylation sites is 1. The molecule has 0 radical (unpaired) electrons. The van der Waals surface area contributed by atoms with Crippen LogP contribution in [0.5, 0.6) is 5.75 Å². The fraction of sp³-hybridized carbons (Fsp3) is 0.381. The van der Waals surface area contributed by atoms with Crippen LogP contribution in [-0.4, -0.2) is 70.4 Å². The molecule has 0 unspecified atom stereocenters. The first-order valence-corrected chi connectivity index (χ1v) is 11.1. The van der Waals surface area contributed by atoms with Crippen molar-refractivity contribution in [2.45, 2.75) is 11.8 Å². The molecule has 1 heterocycles. The number of ether oxygens (including phenoxy) is 1. The number of amides is 1. The predicted octanol–water partition coefficient (Wildman–Crippen LogP) is 2.11. The van der Waals surface area contributed by atoms with Gasteiger partial charge in [-0.25, -0.2) is 17.1 Å². The first kappa shape index (κ1) is 22.0. The molecule has 0 N–H and O–H groups in total. The highest BCUT2D eigenvalue weighted by Crippen LogP contribution is 2.24. The number of carbonyl (C=O) groups excluding carboxylic acids is 1. The van der Waals surface area contributed by atoms with Gasteiger partial charge in [-0.2, -0.15) is 0 Å². The van der Waals surface area contributed by atoms with Crippen LogP contribution in [-0.2, 0) is 14.8 Å². The predicted molar refractivity (Wildman–Crippen MR) is 113 cm³/mol. The molecule has 0 aliphatic carbocycles. The molecule has 0 spiro atoms. The van der Waals surface area contributed by atoms with Crippen LogP contribution in [0.25, 0.3) is 0 Å². The van der Waals surface area contributed by atoms with E-state index in [0.717, 1.165) is 4.31 Å². The van der Waals surface area contributed by atoms with Gasteiger partial charge in [-0.3, -0.25) is 4.79 Å². The average molecular weight is 436 g/mol. The molecule has 1 saturated heterocycles. The Morgan fingerprint density at radius 2 is 1.77 bits per heavy atom. The molecule has 7 nitrogen and oxygen atoms in total. The minimum Gasteiger partial charge on any atom is -0.483 e. The van der Waals surface area contributed by atoms with Gasteiger partial charge < -0.3 is 14.5 Å². The second-order valence-corrected chi connectivity index (χ2v) is 9.47. The zero-order valence-corrected chi connectivity index (χ0v) is 18.2. The number of aryl methyl sites for hydroxylation is 1. The fourth-order valence-electron chi connectivity index (χ4n) is 3.29. The molecule has 1 fully saturated rings. The Labute approximate surface area is 176 Å². The number of piperazine rings is 1. The van der Waals surface area contributed by atoms with Crippen molar-refractivity contribution in [3.05, 3.63) is 53.8 Å². The molecule has 1 aliphatic rings. The average Bonchev–Trinajstić information content (AvgIpc) is 2.73. The van der Waals surface area contributed by atoms with Crippen molar-refractivity contribution in [2.24, 2.45) is 0 Å². The highest BCUT2D eigenvalue weighted by Gasteiger charge is 2.23. The van der Waals surface area contributed by atoms with E-state index in [1.807, 2.05) is 4.90 Å². The maximum atomic E-state index is 13.9. The van der Waals surface area contributed by atoms with Crippen molar-refractivity contribution < 1.29 is 22.3 Å². The summed E-state index contributed by atoms with van der Waals surface area (Å²) in [5, 5.41) is 0. The molecule has 0 aromatic heterocycles. The van der Waals surface area contributed by atoms with Gasteiger partial charge in [0.25, 0.3) is 5.91 Å². The van der Waals surface area contributed by atoms with E-state index in [9.17, 15) is 17.6 Å². The molecule has 1 amide bonds. The lowest BCUT2D eigenvalue weighted by molar-refractivity contribution is -0.133. The van der Waals surface area contributed by atoms with Gasteiger partial charge in [-0.05, 0) is 42.8 Å². The van der Waals surface area contributed by atoms with Gasteiger partial charge in [-0.1, -0.05) is 12.1 Å². The van der Waals surface area contributed by atoms with Crippen LogP contribution in [0.15, 0.2) is 47.4 Å². The fourth-order valence-corrected chi connectivity index (χ4v) is 4.28. The second kappa shape index (κ2) is 9.01. The Morgan fingerprint density at radius 3 is 2.37 bits per heavy atom. The van der Waals surface area contributed by atoms with E-state index in [-0.39, 0.29) is 23.2 Å². The highest BCUT2D eigenvalue weighted by molar-refractivity contribution is 7.89. The van der Waals surface area contributed by atoms with Crippen molar-refractivity contribution >= 4 is 21.6 Å². The van der Waals surface area contributed by atoms with Crippen LogP contribution in [0.2, 0.25) is 0 Å². The largest absolute Gasteiger partial charge is 0.483 e. The minimum absolute atomic E-state index is 0.139. The molecule has 0 atom stereocenters. The van der Waals surface area contributed by atoms with Crippen molar-refractivity contribution in [1.29, 1.82) is 0 Å². The molecule has 2 aromatic carbocycles. The molecular formula is C21H26FN3O4S. The van der Waals surface area contributed by atoms with Crippen molar-refractivity contribution in [2.75, 3.05) is 51.8 Å². The summed E-state index contributed by atoms with van der Waals surface area (Å²) in [4.78, 5) is 16.3. The quantitative estimate of drug-likeness (QED) is 0.695. The molecular weight excluding hydrogens is 409 g/mol. The standard InChI is InChI=1S/C21H26FN3O4S/c1-16-14-17(30(27,28)23(2)3)8-9-20(16)29-15-21(26)25-12-10-24(11-13-25)19-7-5-4-6-18(19)22/h4-9,14H,10-13,15H2,1-3H3. The van der Waals surface area contributed by atoms with Crippen LogP contribution >= 0.6 is 0 Å². The number of halogens is 1. The Balaban J connectivity index is 1.56. The Hall–Kier alpha value is -2.65. The topological polar surface area (TPSA) is 70.2 Å². The highest BCUT2D eigenvalue weighted by atomic mass is 32.2. The number of anilines is 1. The van der Waals surface area contributed by atoms with Gasteiger partial charge in [0.15, 0.2) is 6.61 Å². The summed E-state index contributed by atoms with van der Waals surface area (Å²) in [6.07, 6.45) is 0. The Kier molecular flexibility index (Phi) is 6.62. The van der Waals surface area contributed by atoms with Crippen LogP contribution in [0, 0.1) is 12.7 Å². The molecule has 2 aromatic rings. The van der Waals surface area contributed by atoms with E-state index in [4.69, 9.17) is 4.74 Å². The second-order valence-electron chi connectivity index (χ2n) is 7.32. The smallest absolute Gasteiger partial charge is 0.260 e. The summed E-state index contributed by atoms with van der Waals surface area (Å²) >= 11 is 0.